The van der Waals surface area contributed by atoms with E-state index in [1.165, 1.54) is 0 Å². The first-order valence-electron chi connectivity index (χ1n) is 11.6. The van der Waals surface area contributed by atoms with Crippen LogP contribution in [0.5, 0.6) is 5.75 Å². The van der Waals surface area contributed by atoms with E-state index in [1.54, 1.807) is 23.1 Å². The SMILES string of the molecule is CCOc1cc(-c2ccc(N3CCC(NC(=O)CC(C)C)[C@H](O)C3)nc2)c2c(C#N)cnn2c1. The van der Waals surface area contributed by atoms with Gasteiger partial charge in [-0.05, 0) is 37.5 Å². The molecule has 34 heavy (non-hydrogen) atoms. The lowest BCUT2D eigenvalue weighted by Gasteiger charge is -2.37. The fraction of sp³-hybridized carbons (Fsp3) is 0.440. The van der Waals surface area contributed by atoms with E-state index in [0.29, 0.717) is 49.4 Å². The van der Waals surface area contributed by atoms with Crippen molar-refractivity contribution >= 4 is 17.2 Å². The largest absolute Gasteiger partial charge is 0.492 e. The molecular formula is C25H30N6O3. The molecule has 178 valence electrons. The molecule has 0 bridgehead atoms. The minimum atomic E-state index is -0.668. The lowest BCUT2D eigenvalue weighted by molar-refractivity contribution is -0.123. The number of piperidine rings is 1. The predicted octanol–water partition coefficient (Wildman–Crippen LogP) is 2.77. The van der Waals surface area contributed by atoms with Gasteiger partial charge >= 0.3 is 0 Å². The number of anilines is 1. The van der Waals surface area contributed by atoms with E-state index in [0.717, 1.165) is 16.9 Å². The summed E-state index contributed by atoms with van der Waals surface area (Å²) in [7, 11) is 0. The maximum atomic E-state index is 12.1. The average Bonchev–Trinajstić information content (AvgIpc) is 3.23. The Kier molecular flexibility index (Phi) is 6.98. The average molecular weight is 463 g/mol. The first-order valence-corrected chi connectivity index (χ1v) is 11.6. The van der Waals surface area contributed by atoms with Crippen LogP contribution >= 0.6 is 0 Å². The van der Waals surface area contributed by atoms with E-state index >= 15 is 0 Å². The van der Waals surface area contributed by atoms with Gasteiger partial charge in [0.25, 0.3) is 0 Å². The maximum absolute atomic E-state index is 12.1. The van der Waals surface area contributed by atoms with Crippen molar-refractivity contribution in [2.24, 2.45) is 5.92 Å². The number of nitrogens with zero attached hydrogens (tertiary/aromatic N) is 5. The summed E-state index contributed by atoms with van der Waals surface area (Å²) in [6.07, 6.45) is 5.50. The Morgan fingerprint density at radius 3 is 2.85 bits per heavy atom. The molecule has 4 rings (SSSR count). The van der Waals surface area contributed by atoms with Crippen LogP contribution in [0.15, 0.2) is 36.8 Å². The minimum absolute atomic E-state index is 0.0211. The fourth-order valence-corrected chi connectivity index (χ4v) is 4.32. The van der Waals surface area contributed by atoms with Crippen LogP contribution < -0.4 is 15.0 Å². The third-order valence-corrected chi connectivity index (χ3v) is 5.92. The number of fused-ring (bicyclic) bond motifs is 1. The molecular weight excluding hydrogens is 432 g/mol. The van der Waals surface area contributed by atoms with Crippen LogP contribution in [0, 0.1) is 17.2 Å². The van der Waals surface area contributed by atoms with Gasteiger partial charge in [-0.1, -0.05) is 13.8 Å². The molecule has 0 aromatic carbocycles. The van der Waals surface area contributed by atoms with Crippen molar-refractivity contribution in [3.8, 4) is 22.9 Å². The second-order valence-corrected chi connectivity index (χ2v) is 8.96. The van der Waals surface area contributed by atoms with Crippen LogP contribution in [0.3, 0.4) is 0 Å². The quantitative estimate of drug-likeness (QED) is 0.555. The van der Waals surface area contributed by atoms with E-state index in [1.807, 2.05) is 43.9 Å². The van der Waals surface area contributed by atoms with Crippen LogP contribution in [-0.2, 0) is 4.79 Å². The molecule has 4 heterocycles. The van der Waals surface area contributed by atoms with Gasteiger partial charge in [0.15, 0.2) is 0 Å². The Morgan fingerprint density at radius 2 is 2.21 bits per heavy atom. The van der Waals surface area contributed by atoms with Crippen LogP contribution in [0.1, 0.15) is 39.2 Å². The van der Waals surface area contributed by atoms with E-state index in [2.05, 4.69) is 21.5 Å². The van der Waals surface area contributed by atoms with Crippen molar-refractivity contribution < 1.29 is 14.6 Å². The number of carbonyl (C=O) groups is 1. The Balaban J connectivity index is 1.52. The van der Waals surface area contributed by atoms with Crippen molar-refractivity contribution in [1.29, 1.82) is 5.26 Å². The zero-order valence-electron chi connectivity index (χ0n) is 19.7. The number of ether oxygens (including phenoxy) is 1. The lowest BCUT2D eigenvalue weighted by Crippen LogP contribution is -2.54. The highest BCUT2D eigenvalue weighted by atomic mass is 16.5. The van der Waals surface area contributed by atoms with Crippen molar-refractivity contribution in [2.75, 3.05) is 24.6 Å². The second kappa shape index (κ2) is 10.1. The smallest absolute Gasteiger partial charge is 0.220 e. The molecule has 2 atom stereocenters. The molecule has 0 spiro atoms. The molecule has 9 heteroatoms. The summed E-state index contributed by atoms with van der Waals surface area (Å²) < 4.78 is 7.33. The molecule has 3 aromatic heterocycles. The van der Waals surface area contributed by atoms with Gasteiger partial charge in [-0.25, -0.2) is 9.50 Å². The third kappa shape index (κ3) is 4.97. The molecule has 1 fully saturated rings. The summed E-state index contributed by atoms with van der Waals surface area (Å²) in [4.78, 5) is 18.7. The van der Waals surface area contributed by atoms with E-state index < -0.39 is 6.10 Å². The first-order chi connectivity index (χ1) is 16.4. The minimum Gasteiger partial charge on any atom is -0.492 e. The van der Waals surface area contributed by atoms with Gasteiger partial charge in [-0.15, -0.1) is 0 Å². The van der Waals surface area contributed by atoms with Crippen molar-refractivity contribution in [3.05, 3.63) is 42.4 Å². The van der Waals surface area contributed by atoms with Gasteiger partial charge < -0.3 is 20.1 Å². The van der Waals surface area contributed by atoms with Gasteiger partial charge in [0.2, 0.25) is 5.91 Å². The van der Waals surface area contributed by atoms with Crippen molar-refractivity contribution in [2.45, 2.75) is 45.8 Å². The molecule has 2 N–H and O–H groups in total. The number of rotatable bonds is 7. The molecule has 1 aliphatic rings. The zero-order chi connectivity index (χ0) is 24.2. The summed E-state index contributed by atoms with van der Waals surface area (Å²) in [6, 6.07) is 7.70. The Morgan fingerprint density at radius 1 is 1.38 bits per heavy atom. The summed E-state index contributed by atoms with van der Waals surface area (Å²) >= 11 is 0. The number of nitrogens with one attached hydrogen (secondary N) is 1. The zero-order valence-corrected chi connectivity index (χ0v) is 19.7. The molecule has 1 saturated heterocycles. The molecule has 0 radical (unpaired) electrons. The van der Waals surface area contributed by atoms with Crippen LogP contribution in [-0.4, -0.2) is 57.5 Å². The molecule has 0 saturated carbocycles. The monoisotopic (exact) mass is 462 g/mol. The van der Waals surface area contributed by atoms with Crippen LogP contribution in [0.4, 0.5) is 5.82 Å². The van der Waals surface area contributed by atoms with Gasteiger partial charge in [0, 0.05) is 36.8 Å². The number of β-amino-alcohol motifs (C(OH)–C–C–N with tert-alkyl or cyclic N) is 1. The normalized spacial score (nSPS) is 18.2. The number of aromatic nitrogens is 3. The number of pyridine rings is 2. The highest BCUT2D eigenvalue weighted by molar-refractivity contribution is 5.85. The van der Waals surface area contributed by atoms with E-state index in [4.69, 9.17) is 4.74 Å². The van der Waals surface area contributed by atoms with Gasteiger partial charge in [0.05, 0.1) is 42.2 Å². The van der Waals surface area contributed by atoms with E-state index in [-0.39, 0.29) is 17.9 Å². The van der Waals surface area contributed by atoms with Gasteiger partial charge in [-0.3, -0.25) is 4.79 Å². The number of aliphatic hydroxyl groups excluding tert-OH is 1. The summed E-state index contributed by atoms with van der Waals surface area (Å²) in [5.74, 6) is 1.67. The number of amides is 1. The standard InChI is InChI=1S/C25H30N6O3/c1-4-34-19-10-20(25-18(11-26)13-28-31(25)14-19)17-5-6-23(27-12-17)30-8-7-21(22(32)15-30)29-24(33)9-16(2)3/h5-6,10,12-14,16,21-22,32H,4,7-9,15H2,1-3H3,(H,29,33)/t21?,22-/m1/s1. The first kappa shape index (κ1) is 23.5. The van der Waals surface area contributed by atoms with E-state index in [9.17, 15) is 15.2 Å². The molecule has 0 aliphatic carbocycles. The number of hydrogen-bond donors (Lipinski definition) is 2. The molecule has 3 aromatic rings. The lowest BCUT2D eigenvalue weighted by atomic mass is 10.0. The van der Waals surface area contributed by atoms with Gasteiger partial charge in [0.1, 0.15) is 17.6 Å². The predicted molar refractivity (Wildman–Crippen MR) is 129 cm³/mol. The van der Waals surface area contributed by atoms with Crippen molar-refractivity contribution in [1.82, 2.24) is 19.9 Å². The molecule has 9 nitrogen and oxygen atoms in total. The maximum Gasteiger partial charge on any atom is 0.220 e. The molecule has 1 unspecified atom stereocenters. The highest BCUT2D eigenvalue weighted by Crippen LogP contribution is 2.31. The second-order valence-electron chi connectivity index (χ2n) is 8.96. The fourth-order valence-electron chi connectivity index (χ4n) is 4.32. The summed E-state index contributed by atoms with van der Waals surface area (Å²) in [6.45, 7) is 7.51. The third-order valence-electron chi connectivity index (χ3n) is 5.92. The molecule has 1 aliphatic heterocycles. The topological polar surface area (TPSA) is 116 Å². The number of nitriles is 1. The Labute approximate surface area is 199 Å². The number of aliphatic hydroxyl groups is 1. The number of hydrogen-bond acceptors (Lipinski definition) is 7. The van der Waals surface area contributed by atoms with Crippen molar-refractivity contribution in [3.63, 3.8) is 0 Å². The van der Waals surface area contributed by atoms with Gasteiger partial charge in [-0.2, -0.15) is 10.4 Å². The summed E-state index contributed by atoms with van der Waals surface area (Å²) in [5.41, 5.74) is 2.83. The Bertz CT molecular complexity index is 1200. The van der Waals surface area contributed by atoms with Crippen LogP contribution in [0.25, 0.3) is 16.6 Å². The summed E-state index contributed by atoms with van der Waals surface area (Å²) in [5, 5.41) is 27.4. The number of carbonyl (C=O) groups excluding carboxylic acids is 1. The highest BCUT2D eigenvalue weighted by Gasteiger charge is 2.29. The Hall–Kier alpha value is -3.64. The molecule has 1 amide bonds. The van der Waals surface area contributed by atoms with Crippen LogP contribution in [0.2, 0.25) is 0 Å².